The van der Waals surface area contributed by atoms with Gasteiger partial charge in [-0.15, -0.1) is 0 Å². The van der Waals surface area contributed by atoms with Gasteiger partial charge in [-0.25, -0.2) is 0 Å². The smallest absolute Gasteiger partial charge is 0.254 e. The molecule has 0 aromatic heterocycles. The molecule has 1 aliphatic heterocycles. The van der Waals surface area contributed by atoms with Crippen LogP contribution in [0.15, 0.2) is 12.1 Å². The zero-order valence-electron chi connectivity index (χ0n) is 14.4. The molecule has 0 saturated carbocycles. The van der Waals surface area contributed by atoms with Crippen molar-refractivity contribution < 1.29 is 19.1 Å². The summed E-state index contributed by atoms with van der Waals surface area (Å²) in [4.78, 5) is 28.0. The maximum absolute atomic E-state index is 12.7. The van der Waals surface area contributed by atoms with Crippen molar-refractivity contribution in [1.29, 1.82) is 0 Å². The Balaban J connectivity index is 2.18. The van der Waals surface area contributed by atoms with Gasteiger partial charge in [-0.1, -0.05) is 0 Å². The maximum atomic E-state index is 12.7. The lowest BCUT2D eigenvalue weighted by Gasteiger charge is -2.33. The second-order valence-corrected chi connectivity index (χ2v) is 5.99. The average Bonchev–Trinajstić information content (AvgIpc) is 2.53. The largest absolute Gasteiger partial charge is 0.496 e. The van der Waals surface area contributed by atoms with E-state index >= 15 is 0 Å². The first-order valence-electron chi connectivity index (χ1n) is 7.62. The van der Waals surface area contributed by atoms with Gasteiger partial charge in [0.15, 0.2) is 6.10 Å². The van der Waals surface area contributed by atoms with Crippen LogP contribution in [-0.4, -0.2) is 68.6 Å². The Kier molecular flexibility index (Phi) is 5.26. The first kappa shape index (κ1) is 17.3. The normalized spacial score (nSPS) is 17.8. The lowest BCUT2D eigenvalue weighted by molar-refractivity contribution is -0.145. The number of likely N-dealkylation sites (N-methyl/N-ethyl adjacent to an activating group) is 1. The van der Waals surface area contributed by atoms with Crippen LogP contribution in [0.2, 0.25) is 0 Å². The van der Waals surface area contributed by atoms with E-state index in [1.807, 2.05) is 26.0 Å². The molecule has 1 aromatic carbocycles. The molecule has 1 atom stereocenters. The van der Waals surface area contributed by atoms with Crippen molar-refractivity contribution in [2.45, 2.75) is 20.0 Å². The van der Waals surface area contributed by atoms with Crippen molar-refractivity contribution in [3.63, 3.8) is 0 Å². The third-order valence-electron chi connectivity index (χ3n) is 3.98. The van der Waals surface area contributed by atoms with Crippen LogP contribution < -0.4 is 4.74 Å². The summed E-state index contributed by atoms with van der Waals surface area (Å²) in [7, 11) is 4.99. The average molecular weight is 320 g/mol. The number of ether oxygens (including phenoxy) is 2. The summed E-state index contributed by atoms with van der Waals surface area (Å²) < 4.78 is 10.8. The molecule has 126 valence electrons. The van der Waals surface area contributed by atoms with Gasteiger partial charge >= 0.3 is 0 Å². The third-order valence-corrected chi connectivity index (χ3v) is 3.98. The van der Waals surface area contributed by atoms with Gasteiger partial charge in [0, 0.05) is 26.2 Å². The van der Waals surface area contributed by atoms with Crippen molar-refractivity contribution in [3.05, 3.63) is 28.8 Å². The number of benzene rings is 1. The van der Waals surface area contributed by atoms with E-state index in [0.29, 0.717) is 18.7 Å². The molecule has 0 aliphatic carbocycles. The third kappa shape index (κ3) is 3.64. The molecular weight excluding hydrogens is 296 g/mol. The van der Waals surface area contributed by atoms with Crippen LogP contribution in [0, 0.1) is 13.8 Å². The number of hydrogen-bond acceptors (Lipinski definition) is 4. The summed E-state index contributed by atoms with van der Waals surface area (Å²) in [5, 5.41) is 0. The molecular formula is C17H24N2O4. The molecule has 0 radical (unpaired) electrons. The first-order chi connectivity index (χ1) is 10.8. The van der Waals surface area contributed by atoms with E-state index in [1.165, 1.54) is 4.90 Å². The Hall–Kier alpha value is -2.08. The summed E-state index contributed by atoms with van der Waals surface area (Å²) in [6, 6.07) is 3.65. The van der Waals surface area contributed by atoms with Crippen molar-refractivity contribution in [2.24, 2.45) is 0 Å². The predicted molar refractivity (Wildman–Crippen MR) is 86.8 cm³/mol. The van der Waals surface area contributed by atoms with Crippen LogP contribution in [0.3, 0.4) is 0 Å². The fraction of sp³-hybridized carbons (Fsp3) is 0.529. The van der Waals surface area contributed by atoms with E-state index in [0.717, 1.165) is 16.9 Å². The Labute approximate surface area is 137 Å². The number of amides is 2. The number of hydrogen-bond donors (Lipinski definition) is 0. The van der Waals surface area contributed by atoms with Gasteiger partial charge < -0.3 is 19.3 Å². The monoisotopic (exact) mass is 320 g/mol. The Morgan fingerprint density at radius 1 is 1.26 bits per heavy atom. The van der Waals surface area contributed by atoms with Crippen molar-refractivity contribution in [1.82, 2.24) is 9.80 Å². The van der Waals surface area contributed by atoms with Gasteiger partial charge in [0.05, 0.1) is 20.3 Å². The number of aryl methyl sites for hydroxylation is 2. The molecule has 2 rings (SSSR count). The van der Waals surface area contributed by atoms with Gasteiger partial charge in [0.1, 0.15) is 5.75 Å². The predicted octanol–water partition coefficient (Wildman–Crippen LogP) is 1.24. The highest BCUT2D eigenvalue weighted by molar-refractivity contribution is 5.95. The Morgan fingerprint density at radius 2 is 1.87 bits per heavy atom. The molecule has 0 bridgehead atoms. The molecule has 0 N–H and O–H groups in total. The minimum absolute atomic E-state index is 0.0845. The molecule has 6 nitrogen and oxygen atoms in total. The molecule has 1 fully saturated rings. The summed E-state index contributed by atoms with van der Waals surface area (Å²) in [6.45, 7) is 4.96. The zero-order chi connectivity index (χ0) is 17.1. The zero-order valence-corrected chi connectivity index (χ0v) is 14.4. The lowest BCUT2D eigenvalue weighted by Crippen LogP contribution is -2.51. The van der Waals surface area contributed by atoms with Gasteiger partial charge in [0.25, 0.3) is 11.8 Å². The minimum Gasteiger partial charge on any atom is -0.496 e. The van der Waals surface area contributed by atoms with Crippen LogP contribution >= 0.6 is 0 Å². The van der Waals surface area contributed by atoms with Crippen molar-refractivity contribution in [3.8, 4) is 5.75 Å². The second kappa shape index (κ2) is 7.00. The van der Waals surface area contributed by atoms with Crippen molar-refractivity contribution >= 4 is 11.8 Å². The first-order valence-corrected chi connectivity index (χ1v) is 7.62. The van der Waals surface area contributed by atoms with E-state index in [1.54, 1.807) is 26.1 Å². The van der Waals surface area contributed by atoms with Gasteiger partial charge in [0.2, 0.25) is 0 Å². The topological polar surface area (TPSA) is 59.1 Å². The highest BCUT2D eigenvalue weighted by Crippen LogP contribution is 2.25. The van der Waals surface area contributed by atoms with Gasteiger partial charge in [-0.2, -0.15) is 0 Å². The van der Waals surface area contributed by atoms with Gasteiger partial charge in [-0.05, 0) is 37.1 Å². The molecule has 2 amide bonds. The second-order valence-electron chi connectivity index (χ2n) is 5.99. The molecule has 1 saturated heterocycles. The molecule has 1 heterocycles. The SMILES string of the molecule is COc1c(C)cc(C(=O)N2CCO[C@H](C(=O)N(C)C)C2)cc1C. The number of nitrogens with zero attached hydrogens (tertiary/aromatic N) is 2. The summed E-state index contributed by atoms with van der Waals surface area (Å²) in [5.74, 6) is 0.590. The van der Waals surface area contributed by atoms with Crippen LogP contribution in [0.25, 0.3) is 0 Å². The Morgan fingerprint density at radius 3 is 2.39 bits per heavy atom. The minimum atomic E-state index is -0.594. The van der Waals surface area contributed by atoms with E-state index in [4.69, 9.17) is 9.47 Å². The highest BCUT2D eigenvalue weighted by Gasteiger charge is 2.30. The fourth-order valence-corrected chi connectivity index (χ4v) is 2.85. The van der Waals surface area contributed by atoms with E-state index < -0.39 is 6.10 Å². The van der Waals surface area contributed by atoms with Crippen LogP contribution in [0.4, 0.5) is 0 Å². The van der Waals surface area contributed by atoms with Crippen LogP contribution in [0.5, 0.6) is 5.75 Å². The number of carbonyl (C=O) groups is 2. The van der Waals surface area contributed by atoms with Crippen LogP contribution in [0.1, 0.15) is 21.5 Å². The number of methoxy groups -OCH3 is 1. The van der Waals surface area contributed by atoms with E-state index in [9.17, 15) is 9.59 Å². The molecule has 0 spiro atoms. The maximum Gasteiger partial charge on any atom is 0.254 e. The van der Waals surface area contributed by atoms with Gasteiger partial charge in [-0.3, -0.25) is 9.59 Å². The van der Waals surface area contributed by atoms with E-state index in [2.05, 4.69) is 0 Å². The van der Waals surface area contributed by atoms with Crippen molar-refractivity contribution in [2.75, 3.05) is 40.9 Å². The molecule has 0 unspecified atom stereocenters. The standard InChI is InChI=1S/C17H24N2O4/c1-11-8-13(9-12(2)15(11)22-5)16(20)19-6-7-23-14(10-19)17(21)18(3)4/h8-9,14H,6-7,10H2,1-5H3/t14-/m0/s1. The molecule has 1 aromatic rings. The molecule has 23 heavy (non-hydrogen) atoms. The Bertz CT molecular complexity index is 590. The molecule has 6 heteroatoms. The summed E-state index contributed by atoms with van der Waals surface area (Å²) >= 11 is 0. The van der Waals surface area contributed by atoms with Crippen LogP contribution in [-0.2, 0) is 9.53 Å². The lowest BCUT2D eigenvalue weighted by atomic mass is 10.0. The quantitative estimate of drug-likeness (QED) is 0.841. The number of carbonyl (C=O) groups excluding carboxylic acids is 2. The fourth-order valence-electron chi connectivity index (χ4n) is 2.85. The molecule has 1 aliphatic rings. The summed E-state index contributed by atoms with van der Waals surface area (Å²) in [5.41, 5.74) is 2.45. The van der Waals surface area contributed by atoms with E-state index in [-0.39, 0.29) is 18.4 Å². The number of rotatable bonds is 3. The summed E-state index contributed by atoms with van der Waals surface area (Å²) in [6.07, 6.45) is -0.594. The number of morpholine rings is 1. The highest BCUT2D eigenvalue weighted by atomic mass is 16.5.